The zero-order valence-corrected chi connectivity index (χ0v) is 14.7. The van der Waals surface area contributed by atoms with Gasteiger partial charge in [0.2, 0.25) is 0 Å². The van der Waals surface area contributed by atoms with E-state index in [1.165, 1.54) is 22.3 Å². The first-order valence-electron chi connectivity index (χ1n) is 9.08. The molecule has 5 nitrogen and oxygen atoms in total. The molecule has 2 aromatic carbocycles. The maximum atomic E-state index is 12.0. The average Bonchev–Trinajstić information content (AvgIpc) is 3.00. The minimum atomic E-state index is -0.676. The van der Waals surface area contributed by atoms with Crippen LogP contribution < -0.4 is 5.32 Å². The molecule has 0 fully saturated rings. The lowest BCUT2D eigenvalue weighted by atomic mass is 9.98. The number of fused-ring (bicyclic) bond motifs is 3. The van der Waals surface area contributed by atoms with Crippen molar-refractivity contribution in [3.63, 3.8) is 0 Å². The maximum absolute atomic E-state index is 12.0. The van der Waals surface area contributed by atoms with Gasteiger partial charge in [0.25, 0.3) is 0 Å². The molecule has 0 aliphatic heterocycles. The number of nitrogens with one attached hydrogen (secondary N) is 1. The molecular weight excluding hydrogens is 330 g/mol. The molecule has 0 aromatic heterocycles. The number of unbranched alkanes of at least 4 members (excludes halogenated alkanes) is 1. The van der Waals surface area contributed by atoms with E-state index in [0.29, 0.717) is 19.6 Å². The summed E-state index contributed by atoms with van der Waals surface area (Å²) in [6.07, 6.45) is 0.911. The largest absolute Gasteiger partial charge is 0.449 e. The zero-order chi connectivity index (χ0) is 18.4. The molecule has 0 saturated heterocycles. The van der Waals surface area contributed by atoms with E-state index < -0.39 is 12.2 Å². The number of aliphatic hydroxyl groups is 2. The van der Waals surface area contributed by atoms with Crippen LogP contribution in [0.15, 0.2) is 48.5 Å². The van der Waals surface area contributed by atoms with Crippen molar-refractivity contribution in [3.05, 3.63) is 59.7 Å². The Balaban J connectivity index is 1.50. The molecule has 0 radical (unpaired) electrons. The second kappa shape index (κ2) is 8.83. The van der Waals surface area contributed by atoms with E-state index in [4.69, 9.17) is 9.84 Å². The summed E-state index contributed by atoms with van der Waals surface area (Å²) in [4.78, 5) is 12.0. The summed E-state index contributed by atoms with van der Waals surface area (Å²) in [5, 5.41) is 20.8. The lowest BCUT2D eigenvalue weighted by molar-refractivity contribution is 0.0861. The quantitative estimate of drug-likeness (QED) is 0.636. The number of carbonyl (C=O) groups is 1. The van der Waals surface area contributed by atoms with Crippen LogP contribution >= 0.6 is 0 Å². The van der Waals surface area contributed by atoms with Crippen LogP contribution in [0.1, 0.15) is 36.3 Å². The molecule has 5 heteroatoms. The highest BCUT2D eigenvalue weighted by Gasteiger charge is 2.28. The van der Waals surface area contributed by atoms with E-state index in [0.717, 1.165) is 12.8 Å². The van der Waals surface area contributed by atoms with Gasteiger partial charge in [-0.25, -0.2) is 4.79 Å². The number of carbonyl (C=O) groups excluding carboxylic acids is 1. The zero-order valence-electron chi connectivity index (χ0n) is 14.7. The van der Waals surface area contributed by atoms with Crippen molar-refractivity contribution in [1.29, 1.82) is 0 Å². The fraction of sp³-hybridized carbons (Fsp3) is 0.381. The van der Waals surface area contributed by atoms with E-state index in [9.17, 15) is 9.90 Å². The Bertz CT molecular complexity index is 701. The van der Waals surface area contributed by atoms with Crippen LogP contribution in [0, 0.1) is 0 Å². The van der Waals surface area contributed by atoms with Crippen molar-refractivity contribution < 1.29 is 19.7 Å². The molecule has 1 amide bonds. The molecule has 0 heterocycles. The number of hydrogen-bond acceptors (Lipinski definition) is 4. The number of rotatable bonds is 8. The van der Waals surface area contributed by atoms with Crippen molar-refractivity contribution >= 4 is 6.09 Å². The van der Waals surface area contributed by atoms with Gasteiger partial charge in [0.15, 0.2) is 0 Å². The molecule has 1 aliphatic carbocycles. The average molecular weight is 355 g/mol. The minimum absolute atomic E-state index is 0.0628. The Morgan fingerprint density at radius 2 is 1.65 bits per heavy atom. The molecule has 138 valence electrons. The van der Waals surface area contributed by atoms with E-state index in [1.807, 2.05) is 24.3 Å². The predicted octanol–water partition coefficient (Wildman–Crippen LogP) is 3.05. The Morgan fingerprint density at radius 3 is 2.27 bits per heavy atom. The Kier molecular flexibility index (Phi) is 6.26. The third-order valence-corrected chi connectivity index (χ3v) is 4.79. The van der Waals surface area contributed by atoms with Crippen molar-refractivity contribution in [2.45, 2.75) is 31.3 Å². The van der Waals surface area contributed by atoms with Gasteiger partial charge in [-0.15, -0.1) is 0 Å². The van der Waals surface area contributed by atoms with Crippen LogP contribution in [0.2, 0.25) is 0 Å². The first kappa shape index (κ1) is 18.4. The monoisotopic (exact) mass is 355 g/mol. The summed E-state index contributed by atoms with van der Waals surface area (Å²) in [6, 6.07) is 16.5. The molecule has 0 spiro atoms. The summed E-state index contributed by atoms with van der Waals surface area (Å²) >= 11 is 0. The van der Waals surface area contributed by atoms with Crippen LogP contribution in [0.5, 0.6) is 0 Å². The standard InChI is InChI=1S/C21H25NO4/c23-13-15(24)7-5-6-12-22-21(25)26-14-20-18-10-3-1-8-16(18)17-9-2-4-11-19(17)20/h1-4,8-11,15,20,23-24H,5-7,12-14H2,(H,22,25)/t15-/m0/s1. The van der Waals surface area contributed by atoms with Gasteiger partial charge in [-0.1, -0.05) is 48.5 Å². The molecule has 0 unspecified atom stereocenters. The topological polar surface area (TPSA) is 78.8 Å². The molecule has 3 N–H and O–H groups in total. The molecule has 1 aliphatic rings. The number of alkyl carbamates (subject to hydrolysis) is 1. The van der Waals surface area contributed by atoms with Crippen LogP contribution in [0.3, 0.4) is 0 Å². The normalized spacial score (nSPS) is 13.8. The van der Waals surface area contributed by atoms with Crippen molar-refractivity contribution in [3.8, 4) is 11.1 Å². The third-order valence-electron chi connectivity index (χ3n) is 4.79. The summed E-state index contributed by atoms with van der Waals surface area (Å²) in [5.41, 5.74) is 4.80. The van der Waals surface area contributed by atoms with E-state index in [1.54, 1.807) is 0 Å². The minimum Gasteiger partial charge on any atom is -0.449 e. The second-order valence-corrected chi connectivity index (χ2v) is 6.58. The molecular formula is C21H25NO4. The summed E-state index contributed by atoms with van der Waals surface area (Å²) < 4.78 is 5.45. The molecule has 2 aromatic rings. The maximum Gasteiger partial charge on any atom is 0.407 e. The van der Waals surface area contributed by atoms with Gasteiger partial charge >= 0.3 is 6.09 Å². The van der Waals surface area contributed by atoms with Crippen LogP contribution in [0.4, 0.5) is 4.79 Å². The highest BCUT2D eigenvalue weighted by molar-refractivity contribution is 5.79. The fourth-order valence-corrected chi connectivity index (χ4v) is 3.44. The fourth-order valence-electron chi connectivity index (χ4n) is 3.44. The number of benzene rings is 2. The number of aliphatic hydroxyl groups excluding tert-OH is 2. The Morgan fingerprint density at radius 1 is 1.04 bits per heavy atom. The van der Waals surface area contributed by atoms with Crippen molar-refractivity contribution in [2.24, 2.45) is 0 Å². The molecule has 0 saturated carbocycles. The van der Waals surface area contributed by atoms with Gasteiger partial charge in [0, 0.05) is 12.5 Å². The molecule has 1 atom stereocenters. The first-order valence-corrected chi connectivity index (χ1v) is 9.08. The molecule has 26 heavy (non-hydrogen) atoms. The van der Waals surface area contributed by atoms with E-state index in [2.05, 4.69) is 29.6 Å². The number of hydrogen-bond donors (Lipinski definition) is 3. The summed E-state index contributed by atoms with van der Waals surface area (Å²) in [6.45, 7) is 0.581. The lowest BCUT2D eigenvalue weighted by Crippen LogP contribution is -2.27. The van der Waals surface area contributed by atoms with Gasteiger partial charge in [0.05, 0.1) is 12.7 Å². The summed E-state index contributed by atoms with van der Waals surface area (Å²) in [7, 11) is 0. The number of amides is 1. The third kappa shape index (κ3) is 4.23. The number of ether oxygens (including phenoxy) is 1. The second-order valence-electron chi connectivity index (χ2n) is 6.58. The van der Waals surface area contributed by atoms with E-state index in [-0.39, 0.29) is 12.5 Å². The Hall–Kier alpha value is -2.37. The first-order chi connectivity index (χ1) is 12.7. The van der Waals surface area contributed by atoms with Gasteiger partial charge in [-0.2, -0.15) is 0 Å². The summed E-state index contributed by atoms with van der Waals surface area (Å²) in [5.74, 6) is 0.0628. The molecule has 0 bridgehead atoms. The van der Waals surface area contributed by atoms with Gasteiger partial charge in [-0.3, -0.25) is 0 Å². The van der Waals surface area contributed by atoms with E-state index >= 15 is 0 Å². The van der Waals surface area contributed by atoms with Crippen LogP contribution in [-0.4, -0.2) is 42.2 Å². The van der Waals surface area contributed by atoms with Crippen molar-refractivity contribution in [1.82, 2.24) is 5.32 Å². The Labute approximate surface area is 153 Å². The molecule has 3 rings (SSSR count). The van der Waals surface area contributed by atoms with Gasteiger partial charge in [-0.05, 0) is 41.5 Å². The highest BCUT2D eigenvalue weighted by atomic mass is 16.5. The van der Waals surface area contributed by atoms with Crippen molar-refractivity contribution in [2.75, 3.05) is 19.8 Å². The lowest BCUT2D eigenvalue weighted by Gasteiger charge is -2.14. The van der Waals surface area contributed by atoms with Gasteiger partial charge < -0.3 is 20.3 Å². The highest BCUT2D eigenvalue weighted by Crippen LogP contribution is 2.44. The smallest absolute Gasteiger partial charge is 0.407 e. The predicted molar refractivity (Wildman–Crippen MR) is 100 cm³/mol. The SMILES string of the molecule is O=C(NCCCC[C@H](O)CO)OCC1c2ccccc2-c2ccccc21. The van der Waals surface area contributed by atoms with Gasteiger partial charge in [0.1, 0.15) is 6.61 Å². The van der Waals surface area contributed by atoms with Crippen LogP contribution in [0.25, 0.3) is 11.1 Å². The van der Waals surface area contributed by atoms with Crippen LogP contribution in [-0.2, 0) is 4.74 Å².